The first-order valence-electron chi connectivity index (χ1n) is 7.58. The lowest BCUT2D eigenvalue weighted by Crippen LogP contribution is -2.03. The molecule has 1 unspecified atom stereocenters. The molecule has 3 aromatic rings. The Morgan fingerprint density at radius 1 is 1.17 bits per heavy atom. The molecule has 0 aliphatic rings. The zero-order chi connectivity index (χ0) is 16.8. The molecule has 0 bridgehead atoms. The quantitative estimate of drug-likeness (QED) is 0.550. The third kappa shape index (κ3) is 4.00. The molecule has 3 aromatic heterocycles. The standard InChI is InChI=1S/C18H16ClN5/c19-18-2-1-16-17(24-18)9-14(12-23-16)15(10-20)11-22-8-5-13-3-6-21-7-4-13/h1-4,6-7,9-12,15,20H,5,8H2. The second-order valence-corrected chi connectivity index (χ2v) is 5.68. The van der Waals surface area contributed by atoms with Gasteiger partial charge >= 0.3 is 0 Å². The van der Waals surface area contributed by atoms with Crippen molar-refractivity contribution in [1.82, 2.24) is 15.0 Å². The van der Waals surface area contributed by atoms with Gasteiger partial charge in [0.1, 0.15) is 5.15 Å². The smallest absolute Gasteiger partial charge is 0.129 e. The Morgan fingerprint density at radius 3 is 2.79 bits per heavy atom. The zero-order valence-corrected chi connectivity index (χ0v) is 13.7. The number of pyridine rings is 3. The highest BCUT2D eigenvalue weighted by Crippen LogP contribution is 2.18. The Morgan fingerprint density at radius 2 is 2.00 bits per heavy atom. The number of aliphatic imine (C=N–C) groups is 1. The maximum atomic E-state index is 7.65. The SMILES string of the molecule is N=CC(C=NCCc1ccncc1)c1cnc2ccc(Cl)nc2c1. The minimum absolute atomic E-state index is 0.222. The third-order valence-corrected chi connectivity index (χ3v) is 3.84. The Balaban J connectivity index is 1.71. The van der Waals surface area contributed by atoms with Crippen molar-refractivity contribution in [3.8, 4) is 0 Å². The summed E-state index contributed by atoms with van der Waals surface area (Å²) in [6, 6.07) is 9.40. The normalized spacial score (nSPS) is 12.5. The van der Waals surface area contributed by atoms with Crippen molar-refractivity contribution in [2.24, 2.45) is 4.99 Å². The van der Waals surface area contributed by atoms with Crippen LogP contribution in [-0.2, 0) is 6.42 Å². The predicted molar refractivity (Wildman–Crippen MR) is 97.4 cm³/mol. The van der Waals surface area contributed by atoms with Crippen LogP contribution in [0.4, 0.5) is 0 Å². The van der Waals surface area contributed by atoms with Crippen molar-refractivity contribution in [3.63, 3.8) is 0 Å². The molecule has 0 amide bonds. The molecule has 0 aliphatic carbocycles. The van der Waals surface area contributed by atoms with Crippen molar-refractivity contribution in [1.29, 1.82) is 5.41 Å². The molecule has 1 N–H and O–H groups in total. The third-order valence-electron chi connectivity index (χ3n) is 3.63. The Bertz CT molecular complexity index is 864. The van der Waals surface area contributed by atoms with Crippen molar-refractivity contribution < 1.29 is 0 Å². The number of hydrogen-bond acceptors (Lipinski definition) is 5. The summed E-state index contributed by atoms with van der Waals surface area (Å²) in [6.45, 7) is 0.666. The summed E-state index contributed by atoms with van der Waals surface area (Å²) >= 11 is 5.93. The number of hydrogen-bond donors (Lipinski definition) is 1. The highest BCUT2D eigenvalue weighted by Gasteiger charge is 2.08. The maximum Gasteiger partial charge on any atom is 0.129 e. The first-order chi connectivity index (χ1) is 11.8. The molecule has 0 saturated heterocycles. The minimum Gasteiger partial charge on any atom is -0.312 e. The minimum atomic E-state index is -0.222. The number of rotatable bonds is 6. The van der Waals surface area contributed by atoms with Crippen LogP contribution in [0.1, 0.15) is 17.0 Å². The Labute approximate surface area is 145 Å². The summed E-state index contributed by atoms with van der Waals surface area (Å²) in [4.78, 5) is 17.1. The van der Waals surface area contributed by atoms with E-state index in [1.165, 1.54) is 11.8 Å². The van der Waals surface area contributed by atoms with Gasteiger partial charge in [-0.05, 0) is 47.9 Å². The van der Waals surface area contributed by atoms with Gasteiger partial charge in [-0.2, -0.15) is 0 Å². The second kappa shape index (κ2) is 7.75. The molecule has 3 rings (SSSR count). The monoisotopic (exact) mass is 337 g/mol. The van der Waals surface area contributed by atoms with E-state index in [0.29, 0.717) is 11.7 Å². The van der Waals surface area contributed by atoms with E-state index in [1.807, 2.05) is 24.3 Å². The van der Waals surface area contributed by atoms with E-state index in [9.17, 15) is 0 Å². The van der Waals surface area contributed by atoms with Crippen molar-refractivity contribution in [3.05, 3.63) is 65.2 Å². The largest absolute Gasteiger partial charge is 0.312 e. The highest BCUT2D eigenvalue weighted by molar-refractivity contribution is 6.29. The van der Waals surface area contributed by atoms with Crippen LogP contribution in [0.25, 0.3) is 11.0 Å². The second-order valence-electron chi connectivity index (χ2n) is 5.29. The average Bonchev–Trinajstić information content (AvgIpc) is 2.62. The van der Waals surface area contributed by atoms with Crippen molar-refractivity contribution >= 4 is 35.1 Å². The molecule has 0 spiro atoms. The van der Waals surface area contributed by atoms with Crippen LogP contribution in [0.3, 0.4) is 0 Å². The molecule has 0 radical (unpaired) electrons. The molecule has 0 saturated carbocycles. The van der Waals surface area contributed by atoms with E-state index in [1.54, 1.807) is 30.9 Å². The van der Waals surface area contributed by atoms with E-state index in [4.69, 9.17) is 17.0 Å². The molecule has 6 heteroatoms. The molecular formula is C18H16ClN5. The van der Waals surface area contributed by atoms with Gasteiger partial charge in [0.15, 0.2) is 0 Å². The summed E-state index contributed by atoms with van der Waals surface area (Å²) in [7, 11) is 0. The fourth-order valence-corrected chi connectivity index (χ4v) is 2.49. The summed E-state index contributed by atoms with van der Waals surface area (Å²) < 4.78 is 0. The van der Waals surface area contributed by atoms with Crippen LogP contribution in [0.5, 0.6) is 0 Å². The molecule has 5 nitrogen and oxygen atoms in total. The maximum absolute atomic E-state index is 7.65. The van der Waals surface area contributed by atoms with Crippen LogP contribution in [0.2, 0.25) is 5.15 Å². The van der Waals surface area contributed by atoms with Gasteiger partial charge in [0.25, 0.3) is 0 Å². The van der Waals surface area contributed by atoms with Crippen molar-refractivity contribution in [2.75, 3.05) is 6.54 Å². The number of nitrogens with one attached hydrogen (secondary N) is 1. The molecule has 0 fully saturated rings. The van der Waals surface area contributed by atoms with Crippen LogP contribution in [0, 0.1) is 5.41 Å². The first kappa shape index (κ1) is 16.2. The van der Waals surface area contributed by atoms with Gasteiger partial charge in [-0.1, -0.05) is 11.6 Å². The number of halogens is 1. The van der Waals surface area contributed by atoms with Gasteiger partial charge in [-0.15, -0.1) is 0 Å². The summed E-state index contributed by atoms with van der Waals surface area (Å²) in [5.74, 6) is -0.222. The van der Waals surface area contributed by atoms with E-state index in [2.05, 4.69) is 19.9 Å². The Kier molecular flexibility index (Phi) is 5.23. The fourth-order valence-electron chi connectivity index (χ4n) is 2.34. The number of nitrogens with zero attached hydrogens (tertiary/aromatic N) is 4. The topological polar surface area (TPSA) is 74.9 Å². The van der Waals surface area contributed by atoms with Crippen LogP contribution in [0.15, 0.2) is 53.9 Å². The predicted octanol–water partition coefficient (Wildman–Crippen LogP) is 3.72. The van der Waals surface area contributed by atoms with Crippen LogP contribution < -0.4 is 0 Å². The van der Waals surface area contributed by atoms with E-state index in [-0.39, 0.29) is 5.92 Å². The molecule has 3 heterocycles. The summed E-state index contributed by atoms with van der Waals surface area (Å²) in [5, 5.41) is 8.08. The zero-order valence-electron chi connectivity index (χ0n) is 12.9. The van der Waals surface area contributed by atoms with Gasteiger partial charge < -0.3 is 5.41 Å². The van der Waals surface area contributed by atoms with Crippen molar-refractivity contribution in [2.45, 2.75) is 12.3 Å². The van der Waals surface area contributed by atoms with Crippen LogP contribution in [-0.4, -0.2) is 33.9 Å². The first-order valence-corrected chi connectivity index (χ1v) is 7.96. The lowest BCUT2D eigenvalue weighted by molar-refractivity contribution is 0.961. The summed E-state index contributed by atoms with van der Waals surface area (Å²) in [5.41, 5.74) is 3.57. The molecule has 120 valence electrons. The average molecular weight is 338 g/mol. The Hall–Kier alpha value is -2.66. The highest BCUT2D eigenvalue weighted by atomic mass is 35.5. The van der Waals surface area contributed by atoms with E-state index in [0.717, 1.165) is 23.0 Å². The molecule has 1 atom stereocenters. The van der Waals surface area contributed by atoms with Gasteiger partial charge in [0, 0.05) is 37.6 Å². The van der Waals surface area contributed by atoms with E-state index >= 15 is 0 Å². The van der Waals surface area contributed by atoms with Gasteiger partial charge in [-0.3, -0.25) is 15.0 Å². The lowest BCUT2D eigenvalue weighted by atomic mass is 10.0. The van der Waals surface area contributed by atoms with Gasteiger partial charge in [0.2, 0.25) is 0 Å². The van der Waals surface area contributed by atoms with Gasteiger partial charge in [-0.25, -0.2) is 4.98 Å². The van der Waals surface area contributed by atoms with Crippen LogP contribution >= 0.6 is 11.6 Å². The fraction of sp³-hybridized carbons (Fsp3) is 0.167. The lowest BCUT2D eigenvalue weighted by Gasteiger charge is -2.07. The van der Waals surface area contributed by atoms with E-state index < -0.39 is 0 Å². The summed E-state index contributed by atoms with van der Waals surface area (Å²) in [6.07, 6.45) is 9.28. The van der Waals surface area contributed by atoms with Gasteiger partial charge in [0.05, 0.1) is 17.0 Å². The molecule has 0 aliphatic heterocycles. The molecule has 0 aromatic carbocycles. The molecule has 24 heavy (non-hydrogen) atoms. The number of fused-ring (bicyclic) bond motifs is 1. The molecular weight excluding hydrogens is 322 g/mol. The number of aromatic nitrogens is 3.